The number of fused-ring (bicyclic) bond motifs is 1. The predicted molar refractivity (Wildman–Crippen MR) is 121 cm³/mol. The molecule has 1 atom stereocenters. The Balaban J connectivity index is 2.04. The van der Waals surface area contributed by atoms with Crippen molar-refractivity contribution in [1.82, 2.24) is 5.48 Å². The molecule has 0 saturated carbocycles. The fourth-order valence-corrected chi connectivity index (χ4v) is 4.47. The molecule has 0 bridgehead atoms. The Hall–Kier alpha value is -2.43. The number of rotatable bonds is 6. The molecule has 0 saturated heterocycles. The lowest BCUT2D eigenvalue weighted by atomic mass is 9.63. The van der Waals surface area contributed by atoms with Gasteiger partial charge in [-0.25, -0.2) is 4.79 Å². The lowest BCUT2D eigenvalue weighted by Gasteiger charge is -2.42. The van der Waals surface area contributed by atoms with Crippen molar-refractivity contribution in [2.45, 2.75) is 70.8 Å². The van der Waals surface area contributed by atoms with Gasteiger partial charge in [0.2, 0.25) is 0 Å². The highest BCUT2D eigenvalue weighted by atomic mass is 16.5. The van der Waals surface area contributed by atoms with E-state index in [1.54, 1.807) is 6.08 Å². The molecule has 0 spiro atoms. The summed E-state index contributed by atoms with van der Waals surface area (Å²) in [5.74, 6) is -0.903. The maximum absolute atomic E-state index is 11.4. The number of carbonyl (C=O) groups is 1. The lowest BCUT2D eigenvalue weighted by Crippen LogP contribution is -2.34. The van der Waals surface area contributed by atoms with Gasteiger partial charge < -0.3 is 10.3 Å². The number of hydroxylamine groups is 1. The second-order valence-corrected chi connectivity index (χ2v) is 9.63. The van der Waals surface area contributed by atoms with Gasteiger partial charge in [-0.2, -0.15) is 5.48 Å². The first kappa shape index (κ1) is 22.3. The Bertz CT molecular complexity index is 972. The standard InChI is InChI=1S/C26H33NO3/c1-6-18(24(28)29)14-17-8-7-9-19(15-17)23(27-30)20-10-11-21-22(16-20)26(4,5)13-12-25(21,2)3/h7-11,14-16,23,27,30H,6,12-13H2,1-5H3,(H,28,29). The van der Waals surface area contributed by atoms with Crippen LogP contribution in [-0.4, -0.2) is 16.3 Å². The van der Waals surface area contributed by atoms with E-state index in [1.165, 1.54) is 11.1 Å². The number of hydrogen-bond acceptors (Lipinski definition) is 3. The van der Waals surface area contributed by atoms with Gasteiger partial charge in [-0.1, -0.05) is 71.0 Å². The van der Waals surface area contributed by atoms with E-state index < -0.39 is 5.97 Å². The minimum absolute atomic E-state index is 0.0863. The molecule has 4 nitrogen and oxygen atoms in total. The van der Waals surface area contributed by atoms with Crippen molar-refractivity contribution in [2.24, 2.45) is 0 Å². The molecule has 3 N–H and O–H groups in total. The van der Waals surface area contributed by atoms with Crippen LogP contribution >= 0.6 is 0 Å². The van der Waals surface area contributed by atoms with E-state index in [0.29, 0.717) is 12.0 Å². The van der Waals surface area contributed by atoms with Crippen LogP contribution in [0.5, 0.6) is 0 Å². The van der Waals surface area contributed by atoms with E-state index in [9.17, 15) is 15.1 Å². The van der Waals surface area contributed by atoms with Crippen LogP contribution in [0.15, 0.2) is 48.0 Å². The van der Waals surface area contributed by atoms with E-state index >= 15 is 0 Å². The van der Waals surface area contributed by atoms with Crippen LogP contribution in [0.25, 0.3) is 6.08 Å². The SMILES string of the molecule is CCC(=Cc1cccc(C(NO)c2ccc3c(c2)C(C)(C)CCC3(C)C)c1)C(=O)O. The highest BCUT2D eigenvalue weighted by Crippen LogP contribution is 2.46. The first-order valence-electron chi connectivity index (χ1n) is 10.7. The first-order valence-corrected chi connectivity index (χ1v) is 10.7. The lowest BCUT2D eigenvalue weighted by molar-refractivity contribution is -0.132. The molecule has 3 rings (SSSR count). The molecule has 0 radical (unpaired) electrons. The first-order chi connectivity index (χ1) is 14.1. The molecule has 0 aliphatic heterocycles. The van der Waals surface area contributed by atoms with Crippen molar-refractivity contribution < 1.29 is 15.1 Å². The van der Waals surface area contributed by atoms with E-state index in [2.05, 4.69) is 51.4 Å². The van der Waals surface area contributed by atoms with Gasteiger partial charge in [-0.3, -0.25) is 0 Å². The Labute approximate surface area is 179 Å². The average molecular weight is 408 g/mol. The Morgan fingerprint density at radius 1 is 1.03 bits per heavy atom. The summed E-state index contributed by atoms with van der Waals surface area (Å²) >= 11 is 0. The molecule has 1 aliphatic carbocycles. The second-order valence-electron chi connectivity index (χ2n) is 9.63. The topological polar surface area (TPSA) is 69.6 Å². The highest BCUT2D eigenvalue weighted by Gasteiger charge is 2.37. The second kappa shape index (κ2) is 8.37. The van der Waals surface area contributed by atoms with Crippen molar-refractivity contribution in [2.75, 3.05) is 0 Å². The molecular weight excluding hydrogens is 374 g/mol. The van der Waals surface area contributed by atoms with Crippen molar-refractivity contribution in [3.05, 3.63) is 75.9 Å². The van der Waals surface area contributed by atoms with Crippen LogP contribution in [0.1, 0.15) is 87.7 Å². The van der Waals surface area contributed by atoms with Crippen LogP contribution < -0.4 is 5.48 Å². The maximum Gasteiger partial charge on any atom is 0.331 e. The van der Waals surface area contributed by atoms with Gasteiger partial charge in [-0.05, 0) is 70.1 Å². The molecule has 0 amide bonds. The predicted octanol–water partition coefficient (Wildman–Crippen LogP) is 5.98. The number of aliphatic carboxylic acids is 1. The summed E-state index contributed by atoms with van der Waals surface area (Å²) in [5.41, 5.74) is 8.47. The van der Waals surface area contributed by atoms with Crippen LogP contribution in [-0.2, 0) is 15.6 Å². The van der Waals surface area contributed by atoms with Crippen molar-refractivity contribution in [3.8, 4) is 0 Å². The number of nitrogens with one attached hydrogen (secondary N) is 1. The molecule has 4 heteroatoms. The molecule has 0 fully saturated rings. The summed E-state index contributed by atoms with van der Waals surface area (Å²) < 4.78 is 0. The summed E-state index contributed by atoms with van der Waals surface area (Å²) in [4.78, 5) is 11.4. The molecule has 160 valence electrons. The Morgan fingerprint density at radius 2 is 1.67 bits per heavy atom. The number of hydrogen-bond donors (Lipinski definition) is 3. The molecular formula is C26H33NO3. The molecule has 1 unspecified atom stereocenters. The van der Waals surface area contributed by atoms with Crippen LogP contribution in [0, 0.1) is 0 Å². The zero-order chi connectivity index (χ0) is 22.1. The number of benzene rings is 2. The van der Waals surface area contributed by atoms with Gasteiger partial charge in [0, 0.05) is 5.57 Å². The zero-order valence-electron chi connectivity index (χ0n) is 18.6. The molecule has 2 aromatic carbocycles. The molecule has 0 aromatic heterocycles. The van der Waals surface area contributed by atoms with Gasteiger partial charge in [0.05, 0.1) is 6.04 Å². The van der Waals surface area contributed by atoms with E-state index in [0.717, 1.165) is 29.5 Å². The molecule has 30 heavy (non-hydrogen) atoms. The van der Waals surface area contributed by atoms with Gasteiger partial charge in [0.25, 0.3) is 0 Å². The van der Waals surface area contributed by atoms with Crippen LogP contribution in [0.4, 0.5) is 0 Å². The van der Waals surface area contributed by atoms with Crippen molar-refractivity contribution in [3.63, 3.8) is 0 Å². The summed E-state index contributed by atoms with van der Waals surface area (Å²) in [6.45, 7) is 11.0. The summed E-state index contributed by atoms with van der Waals surface area (Å²) in [7, 11) is 0. The Morgan fingerprint density at radius 3 is 2.27 bits per heavy atom. The van der Waals surface area contributed by atoms with Gasteiger partial charge >= 0.3 is 5.97 Å². The van der Waals surface area contributed by atoms with Gasteiger partial charge in [-0.15, -0.1) is 0 Å². The summed E-state index contributed by atoms with van der Waals surface area (Å²) in [6, 6.07) is 13.8. The monoisotopic (exact) mass is 407 g/mol. The zero-order valence-corrected chi connectivity index (χ0v) is 18.6. The highest BCUT2D eigenvalue weighted by molar-refractivity contribution is 5.92. The normalized spacial score (nSPS) is 18.5. The minimum atomic E-state index is -0.903. The average Bonchev–Trinajstić information content (AvgIpc) is 2.70. The number of carboxylic acid groups (broad SMARTS) is 1. The maximum atomic E-state index is 11.4. The van der Waals surface area contributed by atoms with E-state index in [1.807, 2.05) is 31.2 Å². The minimum Gasteiger partial charge on any atom is -0.478 e. The molecule has 0 heterocycles. The third-order valence-corrected chi connectivity index (χ3v) is 6.58. The molecule has 2 aromatic rings. The third-order valence-electron chi connectivity index (χ3n) is 6.58. The Kier molecular flexibility index (Phi) is 6.21. The molecule has 1 aliphatic rings. The smallest absolute Gasteiger partial charge is 0.331 e. The number of carboxylic acids is 1. The van der Waals surface area contributed by atoms with E-state index in [4.69, 9.17) is 0 Å². The van der Waals surface area contributed by atoms with Gasteiger partial charge in [0.15, 0.2) is 0 Å². The van der Waals surface area contributed by atoms with Crippen LogP contribution in [0.2, 0.25) is 0 Å². The van der Waals surface area contributed by atoms with Crippen molar-refractivity contribution in [1.29, 1.82) is 0 Å². The fraction of sp³-hybridized carbons (Fsp3) is 0.423. The third kappa shape index (κ3) is 4.35. The van der Waals surface area contributed by atoms with Crippen molar-refractivity contribution >= 4 is 12.0 Å². The van der Waals surface area contributed by atoms with Crippen LogP contribution in [0.3, 0.4) is 0 Å². The fourth-order valence-electron chi connectivity index (χ4n) is 4.47. The quantitative estimate of drug-likeness (QED) is 0.407. The summed E-state index contributed by atoms with van der Waals surface area (Å²) in [5, 5.41) is 19.3. The summed E-state index contributed by atoms with van der Waals surface area (Å²) in [6.07, 6.45) is 4.43. The van der Waals surface area contributed by atoms with Gasteiger partial charge in [0.1, 0.15) is 0 Å². The largest absolute Gasteiger partial charge is 0.478 e. The van der Waals surface area contributed by atoms with E-state index in [-0.39, 0.29) is 16.9 Å².